The van der Waals surface area contributed by atoms with Gasteiger partial charge in [0.2, 0.25) is 0 Å². The number of aromatic carboxylic acids is 1. The highest BCUT2D eigenvalue weighted by atomic mass is 32.2. The van der Waals surface area contributed by atoms with Gasteiger partial charge in [-0.05, 0) is 71.1 Å². The van der Waals surface area contributed by atoms with Crippen LogP contribution < -0.4 is 10.6 Å². The lowest BCUT2D eigenvalue weighted by Gasteiger charge is -2.41. The van der Waals surface area contributed by atoms with Gasteiger partial charge in [0.15, 0.2) is 6.29 Å². The molecule has 4 aromatic rings. The van der Waals surface area contributed by atoms with Gasteiger partial charge < -0.3 is 35.1 Å². The molecule has 10 nitrogen and oxygen atoms in total. The van der Waals surface area contributed by atoms with Crippen LogP contribution in [0.2, 0.25) is 0 Å². The number of benzene rings is 4. The maximum atomic E-state index is 12.2. The van der Waals surface area contributed by atoms with Gasteiger partial charge in [-0.3, -0.25) is 4.79 Å². The van der Waals surface area contributed by atoms with Gasteiger partial charge in [-0.25, -0.2) is 9.59 Å². The number of carbonyl (C=O) groups is 3. The van der Waals surface area contributed by atoms with E-state index < -0.39 is 24.3 Å². The zero-order valence-corrected chi connectivity index (χ0v) is 28.2. The number of hydrogen-bond donors (Lipinski definition) is 4. The van der Waals surface area contributed by atoms with E-state index in [9.17, 15) is 24.6 Å². The van der Waals surface area contributed by atoms with Crippen LogP contribution in [0.15, 0.2) is 102 Å². The van der Waals surface area contributed by atoms with Gasteiger partial charge in [0.05, 0.1) is 31.0 Å². The van der Waals surface area contributed by atoms with Crippen LogP contribution in [0.1, 0.15) is 58.9 Å². The predicted octanol–water partition coefficient (Wildman–Crippen LogP) is 6.49. The Morgan fingerprint density at radius 3 is 2.24 bits per heavy atom. The molecule has 1 aliphatic heterocycles. The third-order valence-electron chi connectivity index (χ3n) is 8.21. The molecule has 0 unspecified atom stereocenters. The van der Waals surface area contributed by atoms with Crippen molar-refractivity contribution in [2.45, 2.75) is 50.4 Å². The first-order chi connectivity index (χ1) is 23.7. The van der Waals surface area contributed by atoms with Gasteiger partial charge in [-0.2, -0.15) is 0 Å². The topological polar surface area (TPSA) is 143 Å². The van der Waals surface area contributed by atoms with Crippen molar-refractivity contribution in [3.05, 3.63) is 125 Å². The van der Waals surface area contributed by atoms with Crippen molar-refractivity contribution in [1.82, 2.24) is 10.6 Å². The lowest BCUT2D eigenvalue weighted by Crippen LogP contribution is -2.38. The maximum absolute atomic E-state index is 12.2. The molecular formula is C38H40N2O8S. The molecule has 11 heteroatoms. The van der Waals surface area contributed by atoms with Crippen molar-refractivity contribution < 1.29 is 38.8 Å². The third-order valence-corrected chi connectivity index (χ3v) is 9.31. The number of thioether (sulfide) groups is 1. The zero-order chi connectivity index (χ0) is 34.8. The third kappa shape index (κ3) is 9.70. The maximum Gasteiger partial charge on any atom is 0.335 e. The van der Waals surface area contributed by atoms with E-state index in [0.29, 0.717) is 5.75 Å². The average molecular weight is 685 g/mol. The summed E-state index contributed by atoms with van der Waals surface area (Å²) in [5.74, 6) is -0.843. The lowest BCUT2D eigenvalue weighted by molar-refractivity contribution is -0.268. The summed E-state index contributed by atoms with van der Waals surface area (Å²) >= 11 is 1.60. The monoisotopic (exact) mass is 684 g/mol. The molecule has 0 bridgehead atoms. The van der Waals surface area contributed by atoms with Crippen molar-refractivity contribution >= 4 is 29.7 Å². The fourth-order valence-corrected chi connectivity index (χ4v) is 6.58. The van der Waals surface area contributed by atoms with Crippen LogP contribution in [-0.2, 0) is 32.2 Å². The van der Waals surface area contributed by atoms with Gasteiger partial charge in [0.25, 0.3) is 0 Å². The number of carboxylic acids is 1. The highest BCUT2D eigenvalue weighted by Gasteiger charge is 2.38. The van der Waals surface area contributed by atoms with E-state index in [0.717, 1.165) is 38.3 Å². The summed E-state index contributed by atoms with van der Waals surface area (Å²) in [6, 6.07) is 29.9. The van der Waals surface area contributed by atoms with E-state index in [-0.39, 0.29) is 50.0 Å². The number of aliphatic hydroxyl groups is 1. The first-order valence-electron chi connectivity index (χ1n) is 16.1. The highest BCUT2D eigenvalue weighted by Crippen LogP contribution is 2.43. The molecule has 1 heterocycles. The lowest BCUT2D eigenvalue weighted by atomic mass is 9.91. The molecule has 5 rings (SSSR count). The van der Waals surface area contributed by atoms with Crippen molar-refractivity contribution in [3.8, 4) is 11.1 Å². The summed E-state index contributed by atoms with van der Waals surface area (Å²) in [4.78, 5) is 36.0. The molecule has 0 aliphatic carbocycles. The van der Waals surface area contributed by atoms with Gasteiger partial charge in [0.1, 0.15) is 6.54 Å². The molecule has 1 saturated heterocycles. The number of carboxylic acid groups (broad SMARTS) is 1. The molecule has 2 amide bonds. The smallest absolute Gasteiger partial charge is 0.335 e. The van der Waals surface area contributed by atoms with E-state index in [1.165, 1.54) is 0 Å². The molecule has 0 radical (unpaired) electrons. The average Bonchev–Trinajstić information content (AvgIpc) is 3.13. The number of aliphatic hydroxyl groups excluding tert-OH is 1. The second-order valence-electron chi connectivity index (χ2n) is 11.6. The summed E-state index contributed by atoms with van der Waals surface area (Å²) in [5, 5.41) is 24.1. The van der Waals surface area contributed by atoms with Crippen LogP contribution in [0.3, 0.4) is 0 Å². The Labute approximate surface area is 289 Å². The highest BCUT2D eigenvalue weighted by molar-refractivity contribution is 7.99. The molecule has 1 aliphatic rings. The van der Waals surface area contributed by atoms with Crippen LogP contribution in [0.4, 0.5) is 4.79 Å². The van der Waals surface area contributed by atoms with Crippen LogP contribution in [-0.4, -0.2) is 53.2 Å². The van der Waals surface area contributed by atoms with Crippen LogP contribution in [0.5, 0.6) is 0 Å². The molecule has 4 N–H and O–H groups in total. The van der Waals surface area contributed by atoms with E-state index in [4.69, 9.17) is 14.2 Å². The Morgan fingerprint density at radius 2 is 1.55 bits per heavy atom. The number of urea groups is 1. The molecule has 0 saturated carbocycles. The Bertz CT molecular complexity index is 1730. The van der Waals surface area contributed by atoms with E-state index in [1.54, 1.807) is 30.8 Å². The van der Waals surface area contributed by atoms with Crippen molar-refractivity contribution in [2.24, 2.45) is 5.92 Å². The van der Waals surface area contributed by atoms with Gasteiger partial charge in [-0.15, -0.1) is 11.8 Å². The first-order valence-corrected chi connectivity index (χ1v) is 17.1. The molecule has 49 heavy (non-hydrogen) atoms. The normalized spacial score (nSPS) is 18.8. The van der Waals surface area contributed by atoms with Gasteiger partial charge in [-0.1, -0.05) is 67.6 Å². The Balaban J connectivity index is 1.32. The van der Waals surface area contributed by atoms with E-state index in [1.807, 2.05) is 84.9 Å². The van der Waals surface area contributed by atoms with Gasteiger partial charge in [0, 0.05) is 28.7 Å². The molecule has 4 aromatic carbocycles. The Kier molecular flexibility index (Phi) is 12.4. The van der Waals surface area contributed by atoms with E-state index in [2.05, 4.69) is 17.6 Å². The summed E-state index contributed by atoms with van der Waals surface area (Å²) in [6.07, 6.45) is -1.13. The second kappa shape index (κ2) is 17.1. The largest absolute Gasteiger partial charge is 0.478 e. The van der Waals surface area contributed by atoms with Gasteiger partial charge >= 0.3 is 18.0 Å². The number of carbonyl (C=O) groups excluding carboxylic acids is 2. The summed E-state index contributed by atoms with van der Waals surface area (Å²) in [7, 11) is 0. The SMILES string of the molecule is CCOC(=O)CNC(=O)NCc1cccc(-c2cccc([C@@H]3O[C@H](CSc4ccc(C(=O)O)cc4)[C@H](C)[C@H](c4ccc(CO)cc4)O3)c2)c1. The predicted molar refractivity (Wildman–Crippen MR) is 186 cm³/mol. The van der Waals surface area contributed by atoms with Crippen molar-refractivity contribution in [2.75, 3.05) is 18.9 Å². The summed E-state index contributed by atoms with van der Waals surface area (Å²) in [5.41, 5.74) is 5.68. The minimum Gasteiger partial charge on any atom is -0.478 e. The van der Waals surface area contributed by atoms with Crippen molar-refractivity contribution in [3.63, 3.8) is 0 Å². The van der Waals surface area contributed by atoms with E-state index >= 15 is 0 Å². The number of amides is 2. The summed E-state index contributed by atoms with van der Waals surface area (Å²) in [6.45, 7) is 4.08. The Hall–Kier alpha value is -4.68. The van der Waals surface area contributed by atoms with Crippen molar-refractivity contribution in [1.29, 1.82) is 0 Å². The number of rotatable bonds is 13. The zero-order valence-electron chi connectivity index (χ0n) is 27.3. The molecule has 0 spiro atoms. The number of ether oxygens (including phenoxy) is 3. The summed E-state index contributed by atoms with van der Waals surface area (Å²) < 4.78 is 18.1. The first kappa shape index (κ1) is 35.6. The van der Waals surface area contributed by atoms with Crippen LogP contribution in [0, 0.1) is 5.92 Å². The number of esters is 1. The Morgan fingerprint density at radius 1 is 0.837 bits per heavy atom. The fraction of sp³-hybridized carbons (Fsp3) is 0.289. The quantitative estimate of drug-likeness (QED) is 0.0918. The molecule has 4 atom stereocenters. The molecule has 0 aromatic heterocycles. The van der Waals surface area contributed by atoms with Crippen LogP contribution in [0.25, 0.3) is 11.1 Å². The second-order valence-corrected chi connectivity index (χ2v) is 12.7. The number of hydrogen-bond acceptors (Lipinski definition) is 8. The minimum atomic E-state index is -0.961. The molecule has 256 valence electrons. The number of nitrogens with one attached hydrogen (secondary N) is 2. The molecule has 1 fully saturated rings. The minimum absolute atomic E-state index is 0.0103. The van der Waals surface area contributed by atoms with Crippen LogP contribution >= 0.6 is 11.8 Å². The molecular weight excluding hydrogens is 644 g/mol. The fourth-order valence-electron chi connectivity index (χ4n) is 5.52. The standard InChI is InChI=1S/C38H40N2O8S/c1-3-46-34(42)21-40-38(45)39-20-26-6-4-7-29(18-26)30-8-5-9-31(19-30)37-47-33(23-49-32-16-14-28(15-17-32)36(43)44)24(2)35(48-37)27-12-10-25(22-41)11-13-27/h4-19,24,33,35,37,41H,3,20-23H2,1-2H3,(H,43,44)(H2,39,40,45)/t24-,33+,35+,37+/m0/s1.